The van der Waals surface area contributed by atoms with Crippen molar-refractivity contribution in [3.05, 3.63) is 71.8 Å². The molecule has 0 radical (unpaired) electrons. The van der Waals surface area contributed by atoms with Crippen LogP contribution in [0.5, 0.6) is 0 Å². The second-order valence-corrected chi connectivity index (χ2v) is 20.1. The molecule has 8 atom stereocenters. The summed E-state index contributed by atoms with van der Waals surface area (Å²) >= 11 is 0. The van der Waals surface area contributed by atoms with Crippen molar-refractivity contribution in [2.45, 2.75) is 137 Å². The van der Waals surface area contributed by atoms with Crippen LogP contribution >= 0.6 is 0 Å². The first kappa shape index (κ1) is 62.5. The molecule has 0 unspecified atom stereocenters. The van der Waals surface area contributed by atoms with Gasteiger partial charge in [0.25, 0.3) is 0 Å². The van der Waals surface area contributed by atoms with E-state index in [9.17, 15) is 53.4 Å². The Labute approximate surface area is 431 Å². The molecular formula is C53H82N8O12. The van der Waals surface area contributed by atoms with Crippen LogP contribution in [0.4, 0.5) is 4.79 Å². The van der Waals surface area contributed by atoms with Gasteiger partial charge in [0, 0.05) is 41.7 Å². The molecule has 406 valence electrons. The van der Waals surface area contributed by atoms with E-state index in [2.05, 4.69) is 16.0 Å². The number of hydrogen-bond donors (Lipinski definition) is 5. The summed E-state index contributed by atoms with van der Waals surface area (Å²) in [5.41, 5.74) is 1.49. The lowest BCUT2D eigenvalue weighted by Gasteiger charge is -2.36. The number of nitrogens with one attached hydrogen (secondary N) is 3. The highest BCUT2D eigenvalue weighted by molar-refractivity contribution is 5.97. The van der Waals surface area contributed by atoms with Crippen LogP contribution in [0.15, 0.2) is 60.7 Å². The minimum Gasteiger partial charge on any atom is -0.480 e. The molecule has 2 rings (SSSR count). The molecule has 2 aromatic rings. The minimum atomic E-state index is -1.59. The summed E-state index contributed by atoms with van der Waals surface area (Å²) in [5, 5.41) is 26.9. The molecule has 0 fully saturated rings. The maximum absolute atomic E-state index is 14.7. The topological polar surface area (TPSA) is 256 Å². The fraction of sp³-hybridized carbons (Fsp3) is 0.604. The fourth-order valence-corrected chi connectivity index (χ4v) is 8.11. The summed E-state index contributed by atoms with van der Waals surface area (Å²) in [7, 11) is 7.08. The van der Waals surface area contributed by atoms with Gasteiger partial charge in [0.2, 0.25) is 41.4 Å². The molecule has 0 saturated carbocycles. The third kappa shape index (κ3) is 18.8. The smallest absolute Gasteiger partial charge is 0.410 e. The maximum Gasteiger partial charge on any atom is 0.410 e. The molecular weight excluding hydrogens is 941 g/mol. The number of hydrogen-bond acceptors (Lipinski definition) is 11. The molecule has 5 N–H and O–H groups in total. The monoisotopic (exact) mass is 1020 g/mol. The zero-order chi connectivity index (χ0) is 55.4. The van der Waals surface area contributed by atoms with Crippen molar-refractivity contribution >= 4 is 53.4 Å². The lowest BCUT2D eigenvalue weighted by molar-refractivity contribution is -0.148. The molecule has 20 nitrogen and oxygen atoms in total. The Morgan fingerprint density at radius 3 is 1.59 bits per heavy atom. The number of likely N-dealkylation sites (N-methyl/N-ethyl adjacent to an activating group) is 5. The first-order valence-electron chi connectivity index (χ1n) is 24.9. The summed E-state index contributed by atoms with van der Waals surface area (Å²) in [6.07, 6.45) is 0.0841. The average molecular weight is 1020 g/mol. The number of aliphatic hydroxyl groups is 1. The summed E-state index contributed by atoms with van der Waals surface area (Å²) in [4.78, 5) is 129. The van der Waals surface area contributed by atoms with Gasteiger partial charge in [-0.3, -0.25) is 38.5 Å². The van der Waals surface area contributed by atoms with E-state index in [1.165, 1.54) is 52.0 Å². The van der Waals surface area contributed by atoms with Crippen molar-refractivity contribution in [2.75, 3.05) is 48.4 Å². The van der Waals surface area contributed by atoms with Crippen LogP contribution in [-0.4, -0.2) is 179 Å². The molecule has 20 heteroatoms. The first-order valence-corrected chi connectivity index (χ1v) is 24.9. The van der Waals surface area contributed by atoms with E-state index in [0.29, 0.717) is 6.42 Å². The van der Waals surface area contributed by atoms with Gasteiger partial charge in [0.1, 0.15) is 48.9 Å². The Kier molecular flexibility index (Phi) is 25.6. The molecule has 0 spiro atoms. The number of aliphatic carboxylic acids is 1. The van der Waals surface area contributed by atoms with Crippen LogP contribution in [0, 0.1) is 23.7 Å². The SMILES string of the molecule is CC[C@H](C)[C@@H](C(=O)N[C@@H](CO)C(=O)O)N(C)C(=O)CN(C)C(=O)[C@@H](NC(=O)[C@H](CC(C)C)N(C)C(=O)[C@H](CC(C)C)NC(=O)[C@H](Cc1ccccc1)N(C)C(=O)[C@H](C)N(C)C(=O)OCc1ccccc1)C(C)C. The second-order valence-electron chi connectivity index (χ2n) is 20.1. The van der Waals surface area contributed by atoms with Crippen molar-refractivity contribution in [3.63, 3.8) is 0 Å². The lowest BCUT2D eigenvalue weighted by Crippen LogP contribution is -2.60. The molecule has 2 aromatic carbocycles. The third-order valence-electron chi connectivity index (χ3n) is 13.0. The number of nitrogens with zero attached hydrogens (tertiary/aromatic N) is 5. The predicted octanol–water partition coefficient (Wildman–Crippen LogP) is 3.15. The summed E-state index contributed by atoms with van der Waals surface area (Å²) in [6, 6.07) is 9.71. The van der Waals surface area contributed by atoms with E-state index in [1.807, 2.05) is 64.1 Å². The van der Waals surface area contributed by atoms with Gasteiger partial charge >= 0.3 is 12.1 Å². The highest BCUT2D eigenvalue weighted by atomic mass is 16.6. The van der Waals surface area contributed by atoms with Crippen LogP contribution in [0.1, 0.15) is 92.7 Å². The third-order valence-corrected chi connectivity index (χ3v) is 13.0. The Morgan fingerprint density at radius 2 is 1.10 bits per heavy atom. The zero-order valence-corrected chi connectivity index (χ0v) is 45.3. The van der Waals surface area contributed by atoms with Gasteiger partial charge in [-0.05, 0) is 54.6 Å². The maximum atomic E-state index is 14.7. The van der Waals surface area contributed by atoms with E-state index < -0.39 is 121 Å². The molecule has 8 amide bonds. The quantitative estimate of drug-likeness (QED) is 0.0825. The summed E-state index contributed by atoms with van der Waals surface area (Å²) in [5.74, 6) is -7.16. The highest BCUT2D eigenvalue weighted by Crippen LogP contribution is 2.20. The van der Waals surface area contributed by atoms with Gasteiger partial charge in [-0.25, -0.2) is 9.59 Å². The number of carboxylic acid groups (broad SMARTS) is 1. The molecule has 0 heterocycles. The number of aliphatic hydroxyl groups excluding tert-OH is 1. The van der Waals surface area contributed by atoms with Gasteiger partial charge in [-0.1, -0.05) is 122 Å². The Morgan fingerprint density at radius 1 is 0.589 bits per heavy atom. The van der Waals surface area contributed by atoms with E-state index in [0.717, 1.165) is 25.8 Å². The van der Waals surface area contributed by atoms with Gasteiger partial charge < -0.3 is 50.5 Å². The van der Waals surface area contributed by atoms with Gasteiger partial charge in [-0.2, -0.15) is 0 Å². The van der Waals surface area contributed by atoms with Crippen LogP contribution < -0.4 is 16.0 Å². The number of benzene rings is 2. The lowest BCUT2D eigenvalue weighted by atomic mass is 9.96. The molecule has 73 heavy (non-hydrogen) atoms. The number of carbonyl (C=O) groups is 9. The van der Waals surface area contributed by atoms with Gasteiger partial charge in [0.05, 0.1) is 13.2 Å². The Hall–Kier alpha value is -6.57. The normalized spacial score (nSPS) is 14.5. The van der Waals surface area contributed by atoms with Gasteiger partial charge in [-0.15, -0.1) is 0 Å². The minimum absolute atomic E-state index is 0.00912. The molecule has 0 aliphatic rings. The molecule has 0 aliphatic heterocycles. The van der Waals surface area contributed by atoms with Crippen LogP contribution in [0.2, 0.25) is 0 Å². The summed E-state index contributed by atoms with van der Waals surface area (Å²) < 4.78 is 5.46. The fourth-order valence-electron chi connectivity index (χ4n) is 8.11. The molecule has 0 bridgehead atoms. The molecule has 0 aromatic heterocycles. The predicted molar refractivity (Wildman–Crippen MR) is 275 cm³/mol. The van der Waals surface area contributed by atoms with E-state index >= 15 is 0 Å². The van der Waals surface area contributed by atoms with Crippen molar-refractivity contribution in [1.29, 1.82) is 0 Å². The van der Waals surface area contributed by atoms with E-state index in [1.54, 1.807) is 52.0 Å². The van der Waals surface area contributed by atoms with E-state index in [4.69, 9.17) is 4.74 Å². The standard InChI is InChI=1S/C53H82N8O12/c1-15-35(8)45(48(66)55-40(30-62)52(70)71)61(14)43(63)29-57(10)51(69)44(34(6)7)56-47(65)41(27-33(4)5)60(13)50(68)39(26-32(2)3)54-46(64)42(28-37-22-18-16-19-23-37)59(12)49(67)36(9)58(11)53(72)73-31-38-24-20-17-21-25-38/h16-25,32-36,39-42,44-45,62H,15,26-31H2,1-14H3,(H,54,64)(H,55,66)(H,56,65)(H,70,71)/t35-,36-,39-,40-,41-,42-,44-,45-/m0/s1. The van der Waals surface area contributed by atoms with Crippen molar-refractivity contribution in [2.24, 2.45) is 23.7 Å². The zero-order valence-electron chi connectivity index (χ0n) is 45.3. The van der Waals surface area contributed by atoms with Crippen molar-refractivity contribution < 1.29 is 58.1 Å². The van der Waals surface area contributed by atoms with Crippen molar-refractivity contribution in [1.82, 2.24) is 40.4 Å². The Bertz CT molecular complexity index is 2160. The first-order chi connectivity index (χ1) is 34.2. The second kappa shape index (κ2) is 29.8. The number of rotatable bonds is 28. The van der Waals surface area contributed by atoms with E-state index in [-0.39, 0.29) is 37.7 Å². The van der Waals surface area contributed by atoms with Crippen LogP contribution in [0.25, 0.3) is 0 Å². The Balaban J connectivity index is 2.39. The largest absolute Gasteiger partial charge is 0.480 e. The molecule has 0 aliphatic carbocycles. The van der Waals surface area contributed by atoms with Crippen molar-refractivity contribution in [3.8, 4) is 0 Å². The van der Waals surface area contributed by atoms with Gasteiger partial charge in [0.15, 0.2) is 0 Å². The number of carboxylic acids is 1. The molecule has 0 saturated heterocycles. The number of amides is 8. The number of ether oxygens (including phenoxy) is 1. The van der Waals surface area contributed by atoms with Crippen LogP contribution in [-0.2, 0) is 56.1 Å². The number of carbonyl (C=O) groups excluding carboxylic acids is 8. The summed E-state index contributed by atoms with van der Waals surface area (Å²) in [6.45, 7) is 14.5. The highest BCUT2D eigenvalue weighted by Gasteiger charge is 2.40. The average Bonchev–Trinajstić information content (AvgIpc) is 3.35. The van der Waals surface area contributed by atoms with Crippen LogP contribution in [0.3, 0.4) is 0 Å².